The molecule has 0 saturated carbocycles. The summed E-state index contributed by atoms with van der Waals surface area (Å²) in [4.78, 5) is 50.6. The molecule has 8 aromatic carbocycles. The molecule has 0 heterocycles. The quantitative estimate of drug-likeness (QED) is 0.0684. The fourth-order valence-electron chi connectivity index (χ4n) is 7.95. The van der Waals surface area contributed by atoms with Gasteiger partial charge >= 0.3 is 23.9 Å². The summed E-state index contributed by atoms with van der Waals surface area (Å²) in [5.41, 5.74) is 9.34. The van der Waals surface area contributed by atoms with Crippen molar-refractivity contribution in [2.75, 3.05) is 26.4 Å². The number of benzene rings is 8. The summed E-state index contributed by atoms with van der Waals surface area (Å²) >= 11 is 0. The summed E-state index contributed by atoms with van der Waals surface area (Å²) in [7, 11) is 0. The van der Waals surface area contributed by atoms with Crippen molar-refractivity contribution in [1.82, 2.24) is 0 Å². The molecule has 0 bridgehead atoms. The Morgan fingerprint density at radius 2 is 0.517 bits per heavy atom. The molecular weight excluding hydrogens is 753 g/mol. The molecule has 0 aliphatic rings. The van der Waals surface area contributed by atoms with Crippen LogP contribution in [0.1, 0.15) is 69.1 Å². The zero-order valence-electron chi connectivity index (χ0n) is 33.8. The third-order valence-electron chi connectivity index (χ3n) is 10.7. The Morgan fingerprint density at radius 1 is 0.317 bits per heavy atom. The van der Waals surface area contributed by atoms with Gasteiger partial charge in [-0.15, -0.1) is 0 Å². The molecule has 0 aliphatic heterocycles. The van der Waals surface area contributed by atoms with Crippen molar-refractivity contribution in [3.05, 3.63) is 156 Å². The second-order valence-corrected chi connectivity index (χ2v) is 14.2. The summed E-state index contributed by atoms with van der Waals surface area (Å²) in [6, 6.07) is 42.8. The third-order valence-corrected chi connectivity index (χ3v) is 10.7. The molecule has 60 heavy (non-hydrogen) atoms. The second kappa shape index (κ2) is 16.9. The van der Waals surface area contributed by atoms with Crippen LogP contribution in [-0.2, 0) is 18.9 Å². The predicted molar refractivity (Wildman–Crippen MR) is 236 cm³/mol. The molecule has 0 saturated heterocycles. The molecule has 0 aliphatic carbocycles. The monoisotopic (exact) mass is 794 g/mol. The molecule has 8 aromatic rings. The second-order valence-electron chi connectivity index (χ2n) is 14.2. The average Bonchev–Trinajstić information content (AvgIpc) is 3.28. The lowest BCUT2D eigenvalue weighted by Crippen LogP contribution is -2.04. The molecule has 298 valence electrons. The van der Waals surface area contributed by atoms with E-state index in [0.29, 0.717) is 22.3 Å². The van der Waals surface area contributed by atoms with E-state index >= 15 is 0 Å². The van der Waals surface area contributed by atoms with Crippen LogP contribution in [0.3, 0.4) is 0 Å². The fraction of sp³-hybridized carbons (Fsp3) is 0.154. The third kappa shape index (κ3) is 7.32. The Labute approximate surface area is 347 Å². The molecule has 8 rings (SSSR count). The maximum Gasteiger partial charge on any atom is 0.338 e. The molecule has 8 nitrogen and oxygen atoms in total. The summed E-state index contributed by atoms with van der Waals surface area (Å²) in [6.07, 6.45) is 0. The van der Waals surface area contributed by atoms with Gasteiger partial charge in [0.05, 0.1) is 48.7 Å². The highest BCUT2D eigenvalue weighted by atomic mass is 16.5. The first-order valence-corrected chi connectivity index (χ1v) is 20.1. The van der Waals surface area contributed by atoms with E-state index in [-0.39, 0.29) is 50.3 Å². The van der Waals surface area contributed by atoms with Crippen molar-refractivity contribution >= 4 is 56.2 Å². The van der Waals surface area contributed by atoms with Crippen LogP contribution in [0.25, 0.3) is 76.8 Å². The van der Waals surface area contributed by atoms with E-state index in [1.807, 2.05) is 48.5 Å². The van der Waals surface area contributed by atoms with Gasteiger partial charge in [0, 0.05) is 0 Å². The smallest absolute Gasteiger partial charge is 0.338 e. The van der Waals surface area contributed by atoms with Crippen molar-refractivity contribution in [3.8, 4) is 44.5 Å². The van der Waals surface area contributed by atoms with Gasteiger partial charge in [0.25, 0.3) is 0 Å². The van der Waals surface area contributed by atoms with E-state index in [9.17, 15) is 19.2 Å². The number of carbonyl (C=O) groups is 4. The van der Waals surface area contributed by atoms with Crippen molar-refractivity contribution in [1.29, 1.82) is 0 Å². The zero-order chi connectivity index (χ0) is 41.9. The van der Waals surface area contributed by atoms with Crippen molar-refractivity contribution < 1.29 is 38.1 Å². The van der Waals surface area contributed by atoms with Gasteiger partial charge in [0.1, 0.15) is 0 Å². The van der Waals surface area contributed by atoms with Gasteiger partial charge in [0.15, 0.2) is 0 Å². The molecule has 0 atom stereocenters. The zero-order valence-corrected chi connectivity index (χ0v) is 33.8. The van der Waals surface area contributed by atoms with Crippen LogP contribution in [0.5, 0.6) is 0 Å². The first-order chi connectivity index (χ1) is 29.2. The molecular formula is C52H42O8. The molecule has 0 N–H and O–H groups in total. The minimum absolute atomic E-state index is 0.281. The highest BCUT2D eigenvalue weighted by molar-refractivity contribution is 6.32. The van der Waals surface area contributed by atoms with Crippen LogP contribution in [0.4, 0.5) is 0 Å². The number of carbonyl (C=O) groups excluding carboxylic acids is 4. The van der Waals surface area contributed by atoms with Gasteiger partial charge in [-0.3, -0.25) is 0 Å². The molecule has 0 amide bonds. The fourth-order valence-corrected chi connectivity index (χ4v) is 7.95. The van der Waals surface area contributed by atoms with Crippen LogP contribution in [0, 0.1) is 0 Å². The van der Waals surface area contributed by atoms with Crippen LogP contribution < -0.4 is 0 Å². The molecule has 0 spiro atoms. The number of rotatable bonds is 12. The lowest BCUT2D eigenvalue weighted by atomic mass is 9.81. The van der Waals surface area contributed by atoms with Crippen molar-refractivity contribution in [3.63, 3.8) is 0 Å². The lowest BCUT2D eigenvalue weighted by molar-refractivity contribution is 0.0517. The topological polar surface area (TPSA) is 105 Å². The van der Waals surface area contributed by atoms with Gasteiger partial charge in [-0.25, -0.2) is 19.2 Å². The van der Waals surface area contributed by atoms with Crippen molar-refractivity contribution in [2.24, 2.45) is 0 Å². The Morgan fingerprint density at radius 3 is 0.700 bits per heavy atom. The summed E-state index contributed by atoms with van der Waals surface area (Å²) in [5, 5.41) is 6.12. The maximum absolute atomic E-state index is 12.6. The van der Waals surface area contributed by atoms with Gasteiger partial charge < -0.3 is 18.9 Å². The van der Waals surface area contributed by atoms with Crippen LogP contribution in [0.2, 0.25) is 0 Å². The summed E-state index contributed by atoms with van der Waals surface area (Å²) in [5.74, 6) is -1.53. The minimum atomic E-state index is -0.382. The normalized spacial score (nSPS) is 11.2. The standard InChI is InChI=1S/C52H42O8/c1-5-57-49(53)35-17-9-31(10-18-35)43-29-44(32-11-19-36(20-12-32)50(54)58-6-2)40-27-28-42-46(34-15-23-38(24-16-34)52(56)60-8-4)30-45(41-26-25-39(43)47(40)48(41)42)33-13-21-37(22-14-33)51(55)59-7-3/h9-30H,5-8H2,1-4H3. The van der Waals surface area contributed by atoms with E-state index in [1.54, 1.807) is 76.2 Å². The first kappa shape index (κ1) is 39.5. The molecule has 0 unspecified atom stereocenters. The number of hydrogen-bond acceptors (Lipinski definition) is 8. The number of esters is 4. The molecule has 8 heteroatoms. The van der Waals surface area contributed by atoms with E-state index in [0.717, 1.165) is 76.8 Å². The van der Waals surface area contributed by atoms with E-state index in [2.05, 4.69) is 36.4 Å². The molecule has 0 radical (unpaired) electrons. The Hall–Kier alpha value is -7.32. The van der Waals surface area contributed by atoms with Gasteiger partial charge in [-0.2, -0.15) is 0 Å². The summed E-state index contributed by atoms with van der Waals surface area (Å²) in [6.45, 7) is 8.26. The highest BCUT2D eigenvalue weighted by Crippen LogP contribution is 2.48. The van der Waals surface area contributed by atoms with Gasteiger partial charge in [0.2, 0.25) is 0 Å². The number of ether oxygens (including phenoxy) is 4. The first-order valence-electron chi connectivity index (χ1n) is 20.1. The van der Waals surface area contributed by atoms with Crippen LogP contribution in [0.15, 0.2) is 133 Å². The van der Waals surface area contributed by atoms with Gasteiger partial charge in [-0.1, -0.05) is 72.8 Å². The van der Waals surface area contributed by atoms with Crippen molar-refractivity contribution in [2.45, 2.75) is 27.7 Å². The van der Waals surface area contributed by atoms with E-state index in [1.165, 1.54) is 0 Å². The Kier molecular flexibility index (Phi) is 11.1. The SMILES string of the molecule is CCOC(=O)c1ccc(-c2cc(-c3ccc(C(=O)OCC)cc3)c3ccc4c(-c5ccc(C(=O)OCC)cc5)cc(-c5ccc(C(=O)OCC)cc5)c5ccc2c3c54)cc1. The maximum atomic E-state index is 12.6. The predicted octanol–water partition coefficient (Wildman–Crippen LogP) is 12.0. The minimum Gasteiger partial charge on any atom is -0.462 e. The van der Waals surface area contributed by atoms with Crippen LogP contribution in [-0.4, -0.2) is 50.3 Å². The largest absolute Gasteiger partial charge is 0.462 e. The lowest BCUT2D eigenvalue weighted by Gasteiger charge is -2.22. The van der Waals surface area contributed by atoms with Gasteiger partial charge in [-0.05, 0) is 165 Å². The average molecular weight is 795 g/mol. The number of hydrogen-bond donors (Lipinski definition) is 0. The Bertz CT molecular complexity index is 2500. The Balaban J connectivity index is 1.42. The molecule has 0 aromatic heterocycles. The van der Waals surface area contributed by atoms with E-state index < -0.39 is 0 Å². The highest BCUT2D eigenvalue weighted by Gasteiger charge is 2.22. The molecule has 0 fully saturated rings. The summed E-state index contributed by atoms with van der Waals surface area (Å²) < 4.78 is 21.1. The van der Waals surface area contributed by atoms with E-state index in [4.69, 9.17) is 18.9 Å². The van der Waals surface area contributed by atoms with Crippen LogP contribution >= 0.6 is 0 Å².